The first-order valence-electron chi connectivity index (χ1n) is 9.06. The molecule has 0 heterocycles. The summed E-state index contributed by atoms with van der Waals surface area (Å²) in [5.41, 5.74) is 6.86. The number of phenols is 2. The number of nitrogens with two attached hydrogens (primary N) is 1. The largest absolute Gasteiger partial charge is 0.507 e. The number of halogens is 1. The third-order valence-electron chi connectivity index (χ3n) is 4.15. The van der Waals surface area contributed by atoms with Crippen LogP contribution in [0.15, 0.2) is 18.2 Å². The van der Waals surface area contributed by atoms with Gasteiger partial charge < -0.3 is 44.9 Å². The van der Waals surface area contributed by atoms with Gasteiger partial charge in [0.1, 0.15) is 11.5 Å². The van der Waals surface area contributed by atoms with Gasteiger partial charge in [0, 0.05) is 38.5 Å². The van der Waals surface area contributed by atoms with Crippen LogP contribution in [0, 0.1) is 0 Å². The van der Waals surface area contributed by atoms with E-state index in [1.807, 2.05) is 0 Å². The zero-order chi connectivity index (χ0) is 23.0. The van der Waals surface area contributed by atoms with Crippen molar-refractivity contribution >= 4 is 23.2 Å². The van der Waals surface area contributed by atoms with Crippen LogP contribution in [-0.2, 0) is 15.9 Å². The van der Waals surface area contributed by atoms with Crippen LogP contribution in [0.25, 0.3) is 0 Å². The predicted molar refractivity (Wildman–Crippen MR) is 113 cm³/mol. The molecule has 0 aromatic heterocycles. The molecule has 0 atom stereocenters. The van der Waals surface area contributed by atoms with Gasteiger partial charge in [-0.15, -0.1) is 0 Å². The molecule has 0 saturated heterocycles. The third-order valence-corrected chi connectivity index (χ3v) is 4.45. The average molecular weight is 457 g/mol. The van der Waals surface area contributed by atoms with Gasteiger partial charge in [-0.25, -0.2) is 0 Å². The van der Waals surface area contributed by atoms with E-state index >= 15 is 0 Å². The molecule has 0 aliphatic carbocycles. The maximum Gasteiger partial charge on any atom is 0.255 e. The number of aromatic hydroxyl groups is 2. The van der Waals surface area contributed by atoms with E-state index in [0.29, 0.717) is 22.8 Å². The Kier molecular flexibility index (Phi) is 8.86. The van der Waals surface area contributed by atoms with Crippen molar-refractivity contribution in [1.29, 1.82) is 0 Å². The Morgan fingerprint density at radius 1 is 1.03 bits per heavy atom. The SMILES string of the molecule is COCOc1cc(N)c(OCOC)c(CCNC(=O)c2cc(Cl)c(O)cc2O)c1OC. The second-order valence-corrected chi connectivity index (χ2v) is 6.64. The van der Waals surface area contributed by atoms with E-state index in [0.717, 1.165) is 6.07 Å². The Labute approximate surface area is 184 Å². The van der Waals surface area contributed by atoms with E-state index in [1.54, 1.807) is 6.07 Å². The van der Waals surface area contributed by atoms with Crippen LogP contribution in [0.2, 0.25) is 5.02 Å². The van der Waals surface area contributed by atoms with Gasteiger partial charge in [-0.2, -0.15) is 0 Å². The standard InChI is InChI=1S/C20H25ClN2O8/c1-27-9-30-17-7-14(22)18(31-10-28-2)11(19(17)29-3)4-5-23-20(26)12-6-13(21)16(25)8-15(12)24/h6-8,24-25H,4-5,9-10,22H2,1-3H3,(H,23,26). The second-order valence-electron chi connectivity index (χ2n) is 6.23. The molecular formula is C20H25ClN2O8. The van der Waals surface area contributed by atoms with Gasteiger partial charge in [0.15, 0.2) is 30.8 Å². The normalized spacial score (nSPS) is 10.6. The monoisotopic (exact) mass is 456 g/mol. The zero-order valence-corrected chi connectivity index (χ0v) is 18.1. The van der Waals surface area contributed by atoms with E-state index in [4.69, 9.17) is 41.0 Å². The number of carbonyl (C=O) groups is 1. The van der Waals surface area contributed by atoms with Crippen molar-refractivity contribution in [2.24, 2.45) is 0 Å². The van der Waals surface area contributed by atoms with Crippen molar-refractivity contribution in [2.75, 3.05) is 47.2 Å². The highest BCUT2D eigenvalue weighted by atomic mass is 35.5. The number of nitrogen functional groups attached to an aromatic ring is 1. The Morgan fingerprint density at radius 3 is 2.35 bits per heavy atom. The highest BCUT2D eigenvalue weighted by Gasteiger charge is 2.21. The Bertz CT molecular complexity index is 923. The van der Waals surface area contributed by atoms with Crippen molar-refractivity contribution in [1.82, 2.24) is 5.32 Å². The number of carbonyl (C=O) groups excluding carboxylic acids is 1. The minimum absolute atomic E-state index is 0.0227. The molecule has 31 heavy (non-hydrogen) atoms. The molecule has 1 amide bonds. The molecule has 170 valence electrons. The smallest absolute Gasteiger partial charge is 0.255 e. The number of hydrogen-bond donors (Lipinski definition) is 4. The number of hydrogen-bond acceptors (Lipinski definition) is 9. The topological polar surface area (TPSA) is 142 Å². The molecule has 0 unspecified atom stereocenters. The average Bonchev–Trinajstić information content (AvgIpc) is 2.74. The van der Waals surface area contributed by atoms with Crippen LogP contribution >= 0.6 is 11.6 Å². The Balaban J connectivity index is 2.26. The van der Waals surface area contributed by atoms with Gasteiger partial charge in [0.2, 0.25) is 0 Å². The van der Waals surface area contributed by atoms with Crippen molar-refractivity contribution in [2.45, 2.75) is 6.42 Å². The first-order valence-corrected chi connectivity index (χ1v) is 9.44. The number of methoxy groups -OCH3 is 3. The summed E-state index contributed by atoms with van der Waals surface area (Å²) in [7, 11) is 4.41. The fourth-order valence-corrected chi connectivity index (χ4v) is 2.96. The number of ether oxygens (including phenoxy) is 5. The molecular weight excluding hydrogens is 432 g/mol. The summed E-state index contributed by atoms with van der Waals surface area (Å²) in [6, 6.07) is 3.71. The maximum absolute atomic E-state index is 12.4. The van der Waals surface area contributed by atoms with Gasteiger partial charge >= 0.3 is 0 Å². The van der Waals surface area contributed by atoms with Crippen LogP contribution in [0.4, 0.5) is 5.69 Å². The molecule has 5 N–H and O–H groups in total. The molecule has 0 aliphatic heterocycles. The number of nitrogens with one attached hydrogen (secondary N) is 1. The van der Waals surface area contributed by atoms with Crippen molar-refractivity contribution in [3.8, 4) is 28.7 Å². The van der Waals surface area contributed by atoms with Gasteiger partial charge in [-0.1, -0.05) is 11.6 Å². The van der Waals surface area contributed by atoms with Crippen LogP contribution in [-0.4, -0.2) is 57.6 Å². The summed E-state index contributed by atoms with van der Waals surface area (Å²) in [6.45, 7) is 0.0552. The molecule has 0 spiro atoms. The summed E-state index contributed by atoms with van der Waals surface area (Å²) in [5.74, 6) is -0.284. The molecule has 2 aromatic carbocycles. The number of benzene rings is 2. The first kappa shape index (κ1) is 24.2. The van der Waals surface area contributed by atoms with Gasteiger partial charge in [0.05, 0.1) is 23.4 Å². The number of rotatable bonds is 11. The lowest BCUT2D eigenvalue weighted by atomic mass is 10.1. The molecule has 2 aromatic rings. The maximum atomic E-state index is 12.4. The lowest BCUT2D eigenvalue weighted by Gasteiger charge is -2.20. The first-order chi connectivity index (χ1) is 14.8. The highest BCUT2D eigenvalue weighted by Crippen LogP contribution is 2.42. The van der Waals surface area contributed by atoms with E-state index in [1.165, 1.54) is 27.4 Å². The van der Waals surface area contributed by atoms with E-state index in [9.17, 15) is 15.0 Å². The highest BCUT2D eigenvalue weighted by molar-refractivity contribution is 6.32. The molecule has 0 bridgehead atoms. The summed E-state index contributed by atoms with van der Waals surface area (Å²) in [4.78, 5) is 12.4. The van der Waals surface area contributed by atoms with E-state index in [-0.39, 0.29) is 48.6 Å². The molecule has 11 heteroatoms. The summed E-state index contributed by atoms with van der Waals surface area (Å²) in [5, 5.41) is 22.0. The van der Waals surface area contributed by atoms with Gasteiger partial charge in [-0.05, 0) is 12.5 Å². The second kappa shape index (κ2) is 11.3. The fraction of sp³-hybridized carbons (Fsp3) is 0.350. The number of amides is 1. The Morgan fingerprint density at radius 2 is 1.71 bits per heavy atom. The minimum Gasteiger partial charge on any atom is -0.507 e. The summed E-state index contributed by atoms with van der Waals surface area (Å²) < 4.78 is 26.5. The zero-order valence-electron chi connectivity index (χ0n) is 17.4. The van der Waals surface area contributed by atoms with Crippen LogP contribution < -0.4 is 25.3 Å². The summed E-state index contributed by atoms with van der Waals surface area (Å²) in [6.07, 6.45) is 0.245. The van der Waals surface area contributed by atoms with Crippen LogP contribution in [0.1, 0.15) is 15.9 Å². The van der Waals surface area contributed by atoms with Crippen molar-refractivity contribution < 1.29 is 38.7 Å². The van der Waals surface area contributed by atoms with E-state index in [2.05, 4.69) is 5.32 Å². The fourth-order valence-electron chi connectivity index (χ4n) is 2.80. The lowest BCUT2D eigenvalue weighted by molar-refractivity contribution is 0.0465. The molecule has 0 saturated carbocycles. The quantitative estimate of drug-likeness (QED) is 0.296. The van der Waals surface area contributed by atoms with Crippen molar-refractivity contribution in [3.63, 3.8) is 0 Å². The molecule has 0 aliphatic rings. The van der Waals surface area contributed by atoms with Gasteiger partial charge in [-0.3, -0.25) is 4.79 Å². The number of anilines is 1. The molecule has 10 nitrogen and oxygen atoms in total. The van der Waals surface area contributed by atoms with Crippen LogP contribution in [0.3, 0.4) is 0 Å². The molecule has 0 radical (unpaired) electrons. The summed E-state index contributed by atoms with van der Waals surface area (Å²) >= 11 is 5.82. The predicted octanol–water partition coefficient (Wildman–Crippen LogP) is 2.28. The van der Waals surface area contributed by atoms with Gasteiger partial charge in [0.25, 0.3) is 5.91 Å². The molecule has 2 rings (SSSR count). The third kappa shape index (κ3) is 5.97. The van der Waals surface area contributed by atoms with Crippen molar-refractivity contribution in [3.05, 3.63) is 34.3 Å². The number of phenolic OH excluding ortho intramolecular Hbond substituents is 2. The van der Waals surface area contributed by atoms with Crippen LogP contribution in [0.5, 0.6) is 28.7 Å². The minimum atomic E-state index is -0.586. The lowest BCUT2D eigenvalue weighted by Crippen LogP contribution is -2.26. The van der Waals surface area contributed by atoms with E-state index < -0.39 is 11.7 Å². The Hall–Kier alpha value is -3.08. The molecule has 0 fully saturated rings.